The molecule has 0 amide bonds. The number of aromatic amines is 1. The van der Waals surface area contributed by atoms with E-state index in [0.29, 0.717) is 0 Å². The maximum absolute atomic E-state index is 12.3. The third-order valence-corrected chi connectivity index (χ3v) is 8.34. The maximum Gasteiger partial charge on any atom is 0.483 e. The van der Waals surface area contributed by atoms with Crippen LogP contribution in [0, 0.1) is 19.3 Å². The van der Waals surface area contributed by atoms with Crippen molar-refractivity contribution in [1.82, 2.24) is 19.5 Å². The van der Waals surface area contributed by atoms with Crippen molar-refractivity contribution in [3.63, 3.8) is 0 Å². The number of phosphoric ester groups is 2. The van der Waals surface area contributed by atoms with E-state index in [1.807, 2.05) is 5.92 Å². The first-order valence-electron chi connectivity index (χ1n) is 10.9. The SMILES string of the molecule is C#CC1O[C@H](OP(=O)(O)OP(=O)(O)OC[C@H]2O[C@@H](n3cnc4c(=O)[nH]c(C)nc43)C(O)[C@H]2O)C(O)[C@@H](O)[C@@H]1O. The molecule has 19 nitrogen and oxygen atoms in total. The second-order valence-electron chi connectivity index (χ2n) is 8.51. The third-order valence-electron chi connectivity index (χ3n) is 5.74. The van der Waals surface area contributed by atoms with Gasteiger partial charge in [-0.05, 0) is 6.92 Å². The number of aryl methyl sites for hydroxylation is 1. The number of aliphatic hydroxyl groups is 5. The summed E-state index contributed by atoms with van der Waals surface area (Å²) in [5, 5.41) is 50.2. The highest BCUT2D eigenvalue weighted by Gasteiger charge is 2.49. The van der Waals surface area contributed by atoms with Crippen LogP contribution in [0.1, 0.15) is 12.1 Å². The maximum atomic E-state index is 12.3. The normalized spacial score (nSPS) is 36.3. The van der Waals surface area contributed by atoms with Crippen LogP contribution in [-0.2, 0) is 32.0 Å². The fourth-order valence-corrected chi connectivity index (χ4v) is 6.02. The standard InChI is InChI=1S/C18H24N4O15P2/c1-3-7-10(23)12(25)14(27)18(35-7)36-39(31,32)37-38(29,30)33-4-8-11(24)13(26)17(34-8)22-5-19-9-15(22)20-6(2)21-16(9)28/h1,5,7-8,10-14,17-18,23-27H,4H2,2H3,(H,29,30)(H,31,32)(H,20,21,28)/t7?,8-,10-,11+,12+,13?,14?,17-,18-/m1/s1. The van der Waals surface area contributed by atoms with Crippen LogP contribution in [0.2, 0.25) is 0 Å². The number of H-pyrrole nitrogens is 1. The van der Waals surface area contributed by atoms with Crippen LogP contribution in [-0.4, -0.2) is 110 Å². The Hall–Kier alpha value is -2.11. The first-order valence-corrected chi connectivity index (χ1v) is 13.9. The lowest BCUT2D eigenvalue weighted by molar-refractivity contribution is -0.262. The number of hydrogen-bond donors (Lipinski definition) is 8. The molecule has 39 heavy (non-hydrogen) atoms. The van der Waals surface area contributed by atoms with Crippen molar-refractivity contribution >= 4 is 26.8 Å². The number of rotatable bonds is 8. The van der Waals surface area contributed by atoms with Gasteiger partial charge in [-0.1, -0.05) is 5.92 Å². The summed E-state index contributed by atoms with van der Waals surface area (Å²) in [7, 11) is -11.0. The summed E-state index contributed by atoms with van der Waals surface area (Å²) in [4.78, 5) is 42.3. The topological polar surface area (TPSA) is 285 Å². The summed E-state index contributed by atoms with van der Waals surface area (Å²) in [5.41, 5.74) is -0.634. The lowest BCUT2D eigenvalue weighted by Gasteiger charge is -2.38. The summed E-state index contributed by atoms with van der Waals surface area (Å²) in [6.07, 6.45) is -9.58. The van der Waals surface area contributed by atoms with Gasteiger partial charge in [0.25, 0.3) is 5.56 Å². The molecule has 0 radical (unpaired) electrons. The predicted molar refractivity (Wildman–Crippen MR) is 122 cm³/mol. The van der Waals surface area contributed by atoms with E-state index in [1.165, 1.54) is 6.92 Å². The van der Waals surface area contributed by atoms with Crippen molar-refractivity contribution in [1.29, 1.82) is 0 Å². The molecule has 5 unspecified atom stereocenters. The summed E-state index contributed by atoms with van der Waals surface area (Å²) >= 11 is 0. The van der Waals surface area contributed by atoms with E-state index in [9.17, 15) is 49.2 Å². The quantitative estimate of drug-likeness (QED) is 0.109. The monoisotopic (exact) mass is 598 g/mol. The van der Waals surface area contributed by atoms with Crippen molar-refractivity contribution < 1.29 is 67.3 Å². The number of imidazole rings is 1. The molecule has 0 saturated carbocycles. The van der Waals surface area contributed by atoms with Gasteiger partial charge in [0, 0.05) is 0 Å². The van der Waals surface area contributed by atoms with Crippen LogP contribution >= 0.6 is 15.6 Å². The van der Waals surface area contributed by atoms with Gasteiger partial charge in [0.2, 0.25) is 0 Å². The van der Waals surface area contributed by atoms with Gasteiger partial charge >= 0.3 is 15.6 Å². The summed E-state index contributed by atoms with van der Waals surface area (Å²) in [5.74, 6) is 2.13. The van der Waals surface area contributed by atoms with Gasteiger partial charge in [-0.3, -0.25) is 18.4 Å². The number of terminal acetylenes is 1. The summed E-state index contributed by atoms with van der Waals surface area (Å²) in [6, 6.07) is 0. The Morgan fingerprint density at radius 1 is 1.08 bits per heavy atom. The molecule has 2 aliphatic heterocycles. The zero-order valence-electron chi connectivity index (χ0n) is 19.7. The van der Waals surface area contributed by atoms with Crippen molar-refractivity contribution in [2.45, 2.75) is 62.2 Å². The number of aliphatic hydroxyl groups excluding tert-OH is 5. The molecule has 2 saturated heterocycles. The van der Waals surface area contributed by atoms with E-state index < -0.39 is 83.1 Å². The number of nitrogens with one attached hydrogen (secondary N) is 1. The number of nitrogens with zero attached hydrogens (tertiary/aromatic N) is 3. The lowest BCUT2D eigenvalue weighted by atomic mass is 10.00. The highest BCUT2D eigenvalue weighted by molar-refractivity contribution is 7.61. The average molecular weight is 598 g/mol. The molecule has 0 aromatic carbocycles. The second kappa shape index (κ2) is 11.0. The van der Waals surface area contributed by atoms with E-state index in [1.54, 1.807) is 0 Å². The Morgan fingerprint density at radius 3 is 2.44 bits per heavy atom. The van der Waals surface area contributed by atoms with Crippen molar-refractivity contribution in [2.24, 2.45) is 0 Å². The van der Waals surface area contributed by atoms with Crippen LogP contribution < -0.4 is 5.56 Å². The van der Waals surface area contributed by atoms with Crippen LogP contribution in [0.25, 0.3) is 11.2 Å². The van der Waals surface area contributed by atoms with E-state index in [-0.39, 0.29) is 17.0 Å². The first-order chi connectivity index (χ1) is 18.1. The largest absolute Gasteiger partial charge is 0.483 e. The Balaban J connectivity index is 1.40. The highest BCUT2D eigenvalue weighted by Crippen LogP contribution is 2.61. The molecule has 11 atom stereocenters. The molecule has 4 rings (SSSR count). The fraction of sp³-hybridized carbons (Fsp3) is 0.611. The minimum atomic E-state index is -5.57. The molecule has 2 aromatic rings. The molecule has 2 fully saturated rings. The van der Waals surface area contributed by atoms with Crippen molar-refractivity contribution in [2.75, 3.05) is 6.61 Å². The van der Waals surface area contributed by atoms with Gasteiger partial charge < -0.3 is 49.8 Å². The average Bonchev–Trinajstić information content (AvgIpc) is 3.38. The number of hydrogen-bond acceptors (Lipinski definition) is 15. The molecule has 21 heteroatoms. The molecular formula is C18H24N4O15P2. The summed E-state index contributed by atoms with van der Waals surface area (Å²) < 4.78 is 49.4. The Labute approximate surface area is 217 Å². The van der Waals surface area contributed by atoms with Gasteiger partial charge in [-0.25, -0.2) is 19.1 Å². The zero-order chi connectivity index (χ0) is 28.9. The van der Waals surface area contributed by atoms with Gasteiger partial charge in [0.05, 0.1) is 12.9 Å². The number of phosphoric acid groups is 2. The van der Waals surface area contributed by atoms with Crippen molar-refractivity contribution in [3.8, 4) is 12.3 Å². The zero-order valence-corrected chi connectivity index (χ0v) is 21.5. The summed E-state index contributed by atoms with van der Waals surface area (Å²) in [6.45, 7) is 0.535. The van der Waals surface area contributed by atoms with E-state index in [2.05, 4.69) is 28.3 Å². The van der Waals surface area contributed by atoms with E-state index in [4.69, 9.17) is 15.9 Å². The van der Waals surface area contributed by atoms with Gasteiger partial charge in [-0.2, -0.15) is 4.31 Å². The van der Waals surface area contributed by atoms with Gasteiger partial charge in [0.15, 0.2) is 23.7 Å². The fourth-order valence-electron chi connectivity index (χ4n) is 3.86. The van der Waals surface area contributed by atoms with E-state index >= 15 is 0 Å². The number of fused-ring (bicyclic) bond motifs is 1. The molecule has 0 aliphatic carbocycles. The lowest BCUT2D eigenvalue weighted by Crippen LogP contribution is -2.57. The smallest absolute Gasteiger partial charge is 0.387 e. The molecule has 0 spiro atoms. The Morgan fingerprint density at radius 2 is 1.77 bits per heavy atom. The molecule has 2 aliphatic rings. The third kappa shape index (κ3) is 6.15. The van der Waals surface area contributed by atoms with Crippen LogP contribution in [0.4, 0.5) is 0 Å². The molecule has 8 N–H and O–H groups in total. The molecule has 216 valence electrons. The highest BCUT2D eigenvalue weighted by atomic mass is 31.3. The molecule has 0 bridgehead atoms. The predicted octanol–water partition coefficient (Wildman–Crippen LogP) is -3.26. The minimum Gasteiger partial charge on any atom is -0.387 e. The van der Waals surface area contributed by atoms with Gasteiger partial charge in [-0.15, -0.1) is 6.42 Å². The van der Waals surface area contributed by atoms with Crippen LogP contribution in [0.15, 0.2) is 11.1 Å². The van der Waals surface area contributed by atoms with Crippen molar-refractivity contribution in [3.05, 3.63) is 22.5 Å². The van der Waals surface area contributed by atoms with E-state index in [0.717, 1.165) is 10.9 Å². The number of aromatic nitrogens is 4. The Kier molecular flexibility index (Phi) is 8.46. The Bertz CT molecular complexity index is 1410. The van der Waals surface area contributed by atoms with Crippen LogP contribution in [0.5, 0.6) is 0 Å². The number of ether oxygens (including phenoxy) is 2. The first kappa shape index (κ1) is 29.9. The minimum absolute atomic E-state index is 0.0143. The van der Waals surface area contributed by atoms with Crippen LogP contribution in [0.3, 0.4) is 0 Å². The molecular weight excluding hydrogens is 574 g/mol. The molecule has 4 heterocycles. The van der Waals surface area contributed by atoms with Gasteiger partial charge in [0.1, 0.15) is 48.6 Å². The second-order valence-corrected chi connectivity index (χ2v) is 11.5. The molecule has 2 aromatic heterocycles.